The molecule has 6 heterocycles. The molecule has 136 heavy (non-hydrogen) atoms. The summed E-state index contributed by atoms with van der Waals surface area (Å²) in [4.78, 5) is 275. The third-order valence-electron chi connectivity index (χ3n) is 23.9. The minimum Gasteiger partial charge on any atom is -0.481 e. The van der Waals surface area contributed by atoms with Crippen LogP contribution in [0.15, 0.2) is 128 Å². The molecule has 0 unspecified atom stereocenters. The van der Waals surface area contributed by atoms with Gasteiger partial charge in [0.25, 0.3) is 5.91 Å². The first-order chi connectivity index (χ1) is 64.8. The molecule has 0 spiro atoms. The van der Waals surface area contributed by atoms with Crippen molar-refractivity contribution in [3.8, 4) is 0 Å². The van der Waals surface area contributed by atoms with E-state index >= 15 is 33.6 Å². The highest BCUT2D eigenvalue weighted by Gasteiger charge is 2.43. The van der Waals surface area contributed by atoms with Gasteiger partial charge in [0.15, 0.2) is 11.2 Å². The number of aromatic nitrogens is 2. The lowest BCUT2D eigenvalue weighted by molar-refractivity contribution is -0.143. The van der Waals surface area contributed by atoms with Crippen LogP contribution in [-0.2, 0) is 134 Å². The number of benzene rings is 5. The molecule has 19 N–H and O–H groups in total. The maximum absolute atomic E-state index is 15.7. The standard InChI is InChI=1S/C94H116N18O21S3/c1-8-59-33-73(114)81(52(7)113)107-91(130)92(108-83(122)51(6)95)136-48-77(118)109-38-53-16-13-18-55(26-53)40-110-42-57-28-58(30-60(29-57)94(132)133)43-111(41-56-19-14-17-54(27-56)39-109)76(117)47-135-45-71(104-84(59)123)88(127)101-68(32-62-36-98-66-23-12-10-21-64(62)66)87(126)105-79(49(2)3)90(129)102-69(34-78(119)120)85(124)99-37-74(115)100-67(31-61-35-97-65-22-11-9-20-63(61)65)86(125)106-80(50(4)5)93(131)112-25-15-24-72(112)89(128)103-70(82(96)121)44-134-46-75(110)116/h9-14,16-23,26-30,35-36,49-52,59,67-72,79-81,92,97-98,113H,8,15,24-25,31-34,37-48,95H2,1-7H3,(H2,96,121)(H,99,124)(H,100,115)(H,101,127)(H,102,129)(H,103,128)(H,104,123)(H,105,126)(H,106,125)(H,107,130)(H,108,122)(H,119,120)(H,132,133)/t51-,52-,59-,67+,68+,69+,70+,71+,72+,79+,80+,81+,92+/m1/s1. The zero-order chi connectivity index (χ0) is 98.5. The number of carbonyl (C=O) groups is 18. The monoisotopic (exact) mass is 1930 g/mol. The SMILES string of the molecule is CC[C@@H]1CC(=O)[C@H]([C@@H](C)O)NC(=O)[C@@H](NC(=O)[C@@H](C)N)SCC(=O)N2Cc3cccc(c3)CN3Cc4cc(cc(C(=O)O)c4)CN(Cc4cccc(c4)C2)C(=O)CSC[C@H](NC1=O)C(=O)N[C@@H](Cc1c[nH]c2ccccc12)C(=O)N[C@@H](C(C)C)C(=O)N[C@@H](CC(=O)O)C(=O)NCC(=O)N[C@@H](Cc1c[nH]c2ccccc12)C(=O)N[C@@H](C(C)C)C(=O)N1CCC[C@H]1C(=O)N[C@H](C(N)=O)CSCC3=O. The summed E-state index contributed by atoms with van der Waals surface area (Å²) in [6.07, 6.45) is -0.639. The van der Waals surface area contributed by atoms with Crippen LogP contribution in [-0.4, -0.2) is 265 Å². The van der Waals surface area contributed by atoms with Crippen molar-refractivity contribution in [2.75, 3.05) is 41.9 Å². The lowest BCUT2D eigenvalue weighted by atomic mass is 9.93. The van der Waals surface area contributed by atoms with Gasteiger partial charge in [0, 0.05) is 117 Å². The molecule has 7 aromatic rings. The summed E-state index contributed by atoms with van der Waals surface area (Å²) in [5, 5.41) is 58.1. The molecule has 5 aromatic carbocycles. The zero-order valence-electron chi connectivity index (χ0n) is 76.3. The topological polar surface area (TPSA) is 585 Å². The summed E-state index contributed by atoms with van der Waals surface area (Å²) in [7, 11) is 0. The predicted molar refractivity (Wildman–Crippen MR) is 505 cm³/mol. The van der Waals surface area contributed by atoms with E-state index in [2.05, 4.69) is 63.1 Å². The molecular formula is C94H116N18O21S3. The number of aliphatic hydroxyl groups is 1. The molecule has 0 radical (unpaired) electrons. The largest absolute Gasteiger partial charge is 0.481 e. The molecule has 2 aromatic heterocycles. The molecule has 1 saturated heterocycles. The van der Waals surface area contributed by atoms with E-state index in [9.17, 15) is 68.1 Å². The van der Waals surface area contributed by atoms with Crippen molar-refractivity contribution in [3.05, 3.63) is 178 Å². The fraction of sp³-hybridized carbons (Fsp3) is 0.447. The molecule has 4 aliphatic heterocycles. The molecule has 10 bridgehead atoms. The maximum Gasteiger partial charge on any atom is 0.335 e. The van der Waals surface area contributed by atoms with Crippen LogP contribution in [0.5, 0.6) is 0 Å². The number of hydrogen-bond donors (Lipinski definition) is 17. The number of nitrogens with zero attached hydrogens (tertiary/aromatic N) is 4. The number of aromatic carboxylic acids is 1. The van der Waals surface area contributed by atoms with Gasteiger partial charge in [-0.3, -0.25) is 81.5 Å². The first kappa shape index (κ1) is 103. The Labute approximate surface area is 796 Å². The number of ketones is 1. The van der Waals surface area contributed by atoms with Crippen molar-refractivity contribution in [1.29, 1.82) is 0 Å². The summed E-state index contributed by atoms with van der Waals surface area (Å²) < 4.78 is 0. The molecule has 13 atom stereocenters. The quantitative estimate of drug-likeness (QED) is 0.0731. The van der Waals surface area contributed by atoms with E-state index in [1.54, 1.807) is 129 Å². The lowest BCUT2D eigenvalue weighted by Gasteiger charge is -2.32. The van der Waals surface area contributed by atoms with Gasteiger partial charge in [0.05, 0.1) is 47.9 Å². The van der Waals surface area contributed by atoms with Crippen molar-refractivity contribution in [2.45, 2.75) is 205 Å². The van der Waals surface area contributed by atoms with Crippen molar-refractivity contribution < 1.29 is 102 Å². The van der Waals surface area contributed by atoms with Crippen molar-refractivity contribution in [3.63, 3.8) is 0 Å². The molecule has 0 saturated carbocycles. The highest BCUT2D eigenvalue weighted by molar-refractivity contribution is 8.01. The van der Waals surface area contributed by atoms with E-state index in [4.69, 9.17) is 11.5 Å². The van der Waals surface area contributed by atoms with Gasteiger partial charge in [0.1, 0.15) is 54.4 Å². The zero-order valence-corrected chi connectivity index (χ0v) is 78.7. The number of primary amides is 1. The van der Waals surface area contributed by atoms with Gasteiger partial charge in [0.2, 0.25) is 82.7 Å². The minimum absolute atomic E-state index is 0.00774. The number of aliphatic hydroxyl groups excluding tert-OH is 1. The second kappa shape index (κ2) is 47.8. The van der Waals surface area contributed by atoms with E-state index < -0.39 is 238 Å². The Kier molecular flexibility index (Phi) is 36.3. The summed E-state index contributed by atoms with van der Waals surface area (Å²) >= 11 is 2.39. The number of para-hydroxylation sites is 2. The Morgan fingerprint density at radius 3 is 1.51 bits per heavy atom. The van der Waals surface area contributed by atoms with Gasteiger partial charge in [-0.25, -0.2) is 4.79 Å². The number of aliphatic carboxylic acids is 1. The Balaban J connectivity index is 1.02. The molecule has 726 valence electrons. The molecule has 39 nitrogen and oxygen atoms in total. The molecule has 42 heteroatoms. The van der Waals surface area contributed by atoms with Gasteiger partial charge in [-0.15, -0.1) is 35.3 Å². The first-order valence-electron chi connectivity index (χ1n) is 44.8. The van der Waals surface area contributed by atoms with Crippen LogP contribution in [0.4, 0.5) is 0 Å². The molecule has 11 rings (SSSR count). The average molecular weight is 1930 g/mol. The Morgan fingerprint density at radius 1 is 0.515 bits per heavy atom. The number of H-pyrrole nitrogens is 2. The Morgan fingerprint density at radius 2 is 1.01 bits per heavy atom. The highest BCUT2D eigenvalue weighted by atomic mass is 32.2. The number of carboxylic acids is 2. The smallest absolute Gasteiger partial charge is 0.335 e. The number of hydrogen-bond acceptors (Lipinski definition) is 23. The van der Waals surface area contributed by atoms with Crippen molar-refractivity contribution in [2.24, 2.45) is 29.2 Å². The summed E-state index contributed by atoms with van der Waals surface area (Å²) in [5.74, 6) is -22.7. The van der Waals surface area contributed by atoms with Crippen LogP contribution >= 0.6 is 35.3 Å². The van der Waals surface area contributed by atoms with Crippen molar-refractivity contribution >= 4 is 163 Å². The number of carbonyl (C=O) groups excluding carboxylic acids is 16. The average Bonchev–Trinajstić information content (AvgIpc) is 1.09. The maximum atomic E-state index is 15.7. The number of Topliss-reactive ketones (excluding diaryl/α,β-unsaturated/α-hetero) is 1. The molecule has 1 fully saturated rings. The van der Waals surface area contributed by atoms with Gasteiger partial charge in [-0.05, 0) is 114 Å². The number of fused-ring (bicyclic) bond motifs is 11. The van der Waals surface area contributed by atoms with Gasteiger partial charge >= 0.3 is 11.9 Å². The van der Waals surface area contributed by atoms with E-state index in [-0.39, 0.29) is 100 Å². The second-order valence-electron chi connectivity index (χ2n) is 35.1. The number of nitrogens with one attached hydrogen (secondary N) is 12. The third-order valence-corrected chi connectivity index (χ3v) is 27.0. The highest BCUT2D eigenvalue weighted by Crippen LogP contribution is 2.29. The number of carboxylic acid groups (broad SMARTS) is 2. The first-order valence-corrected chi connectivity index (χ1v) is 48.1. The number of rotatable bonds is 14. The normalized spacial score (nSPS) is 23.6. The number of aromatic amines is 2. The van der Waals surface area contributed by atoms with E-state index in [1.807, 2.05) is 0 Å². The van der Waals surface area contributed by atoms with Crippen LogP contribution in [0.3, 0.4) is 0 Å². The number of amides is 15. The third kappa shape index (κ3) is 28.0. The van der Waals surface area contributed by atoms with Crippen LogP contribution < -0.4 is 64.6 Å². The minimum atomic E-state index is -1.97. The van der Waals surface area contributed by atoms with Gasteiger partial charge in [-0.1, -0.05) is 126 Å². The van der Waals surface area contributed by atoms with E-state index in [1.165, 1.54) is 66.4 Å². The molecule has 0 aliphatic carbocycles. The van der Waals surface area contributed by atoms with Crippen LogP contribution in [0.25, 0.3) is 21.8 Å². The lowest BCUT2D eigenvalue weighted by Crippen LogP contribution is -2.61. The number of thioether (sulfide) groups is 3. The van der Waals surface area contributed by atoms with Crippen LogP contribution in [0, 0.1) is 17.8 Å². The van der Waals surface area contributed by atoms with Gasteiger partial charge in [-0.2, -0.15) is 0 Å². The Bertz CT molecular complexity index is 5670. The number of nitrogens with two attached hydrogens (primary N) is 2. The van der Waals surface area contributed by atoms with Crippen LogP contribution in [0.1, 0.15) is 135 Å². The Hall–Kier alpha value is -13.2. The predicted octanol–water partition coefficient (Wildman–Crippen LogP) is 1.37. The molecule has 4 aliphatic rings. The summed E-state index contributed by atoms with van der Waals surface area (Å²) in [6.45, 7) is 8.10. The molecule has 15 amide bonds. The van der Waals surface area contributed by atoms with Crippen LogP contribution in [0.2, 0.25) is 0 Å². The summed E-state index contributed by atoms with van der Waals surface area (Å²) in [6, 6.07) is 16.3. The van der Waals surface area contributed by atoms with E-state index in [0.29, 0.717) is 66.9 Å². The fourth-order valence-electron chi connectivity index (χ4n) is 16.5. The molecular weight excluding hydrogens is 1810 g/mol. The second-order valence-corrected chi connectivity index (χ2v) is 38.3. The fourth-order valence-corrected chi connectivity index (χ4v) is 19.3. The van der Waals surface area contributed by atoms with Gasteiger partial charge < -0.3 is 110 Å². The van der Waals surface area contributed by atoms with E-state index in [0.717, 1.165) is 23.5 Å². The summed E-state index contributed by atoms with van der Waals surface area (Å²) in [5.41, 5.74) is 16.5. The van der Waals surface area contributed by atoms with Crippen molar-refractivity contribution in [1.82, 2.24) is 82.7 Å².